The van der Waals surface area contributed by atoms with E-state index in [-0.39, 0.29) is 23.6 Å². The van der Waals surface area contributed by atoms with Crippen molar-refractivity contribution in [2.75, 3.05) is 18.2 Å². The Hall–Kier alpha value is -3.85. The van der Waals surface area contributed by atoms with Crippen molar-refractivity contribution in [3.63, 3.8) is 0 Å². The third kappa shape index (κ3) is 5.20. The van der Waals surface area contributed by atoms with Crippen LogP contribution in [0.4, 0.5) is 5.69 Å². The number of nitrogens with one attached hydrogen (secondary N) is 2. The first-order chi connectivity index (χ1) is 16.5. The van der Waals surface area contributed by atoms with Gasteiger partial charge in [0.25, 0.3) is 5.91 Å². The van der Waals surface area contributed by atoms with Crippen LogP contribution in [0.25, 0.3) is 10.8 Å². The van der Waals surface area contributed by atoms with E-state index in [4.69, 9.17) is 4.74 Å². The van der Waals surface area contributed by atoms with Gasteiger partial charge in [0, 0.05) is 23.7 Å². The van der Waals surface area contributed by atoms with E-state index in [1.807, 2.05) is 56.4 Å². The summed E-state index contributed by atoms with van der Waals surface area (Å²) in [6.07, 6.45) is 0. The monoisotopic (exact) mass is 475 g/mol. The van der Waals surface area contributed by atoms with E-state index in [0.29, 0.717) is 22.3 Å². The van der Waals surface area contributed by atoms with Gasteiger partial charge in [-0.05, 0) is 42.6 Å². The number of hydrogen-bond acceptors (Lipinski definition) is 6. The molecule has 0 aliphatic carbocycles. The molecule has 1 aromatic heterocycles. The van der Waals surface area contributed by atoms with Gasteiger partial charge >= 0.3 is 0 Å². The van der Waals surface area contributed by atoms with Gasteiger partial charge in [-0.1, -0.05) is 48.2 Å². The predicted octanol–water partition coefficient (Wildman–Crippen LogP) is 4.20. The Balaban J connectivity index is 1.36. The van der Waals surface area contributed by atoms with Crippen LogP contribution in [-0.2, 0) is 11.8 Å². The summed E-state index contributed by atoms with van der Waals surface area (Å²) < 4.78 is 6.91. The second-order valence-electron chi connectivity index (χ2n) is 7.69. The van der Waals surface area contributed by atoms with Crippen LogP contribution in [0.1, 0.15) is 29.1 Å². The van der Waals surface area contributed by atoms with E-state index in [1.54, 1.807) is 35.9 Å². The Bertz CT molecular complexity index is 1310. The summed E-state index contributed by atoms with van der Waals surface area (Å²) in [4.78, 5) is 25.1. The number of fused-ring (bicyclic) bond motifs is 1. The first-order valence-corrected chi connectivity index (χ1v) is 11.7. The number of carbonyl (C=O) groups is 2. The summed E-state index contributed by atoms with van der Waals surface area (Å²) in [7, 11) is 3.39. The normalized spacial score (nSPS) is 11.7. The lowest BCUT2D eigenvalue weighted by Crippen LogP contribution is -2.28. The van der Waals surface area contributed by atoms with Crippen LogP contribution < -0.4 is 15.4 Å². The molecule has 4 rings (SSSR count). The molecule has 4 aromatic rings. The van der Waals surface area contributed by atoms with Crippen LogP contribution in [0.3, 0.4) is 0 Å². The van der Waals surface area contributed by atoms with Crippen LogP contribution in [0, 0.1) is 0 Å². The largest absolute Gasteiger partial charge is 0.497 e. The summed E-state index contributed by atoms with van der Waals surface area (Å²) in [5.74, 6) is 1.11. The second-order valence-corrected chi connectivity index (χ2v) is 8.63. The molecule has 174 valence electrons. The molecule has 0 fully saturated rings. The fraction of sp³-hybridized carbons (Fsp3) is 0.200. The number of thioether (sulfide) groups is 1. The third-order valence-electron chi connectivity index (χ3n) is 5.35. The maximum atomic E-state index is 12.6. The number of anilines is 1. The van der Waals surface area contributed by atoms with Crippen LogP contribution in [0.5, 0.6) is 5.75 Å². The number of benzene rings is 3. The molecule has 9 heteroatoms. The molecule has 1 atom stereocenters. The maximum Gasteiger partial charge on any atom is 0.251 e. The molecule has 34 heavy (non-hydrogen) atoms. The molecule has 1 unspecified atom stereocenters. The number of rotatable bonds is 8. The fourth-order valence-electron chi connectivity index (χ4n) is 3.57. The number of ether oxygens (including phenoxy) is 1. The maximum absolute atomic E-state index is 12.6. The first-order valence-electron chi connectivity index (χ1n) is 10.7. The summed E-state index contributed by atoms with van der Waals surface area (Å²) >= 11 is 1.29. The zero-order valence-corrected chi connectivity index (χ0v) is 19.9. The predicted molar refractivity (Wildman–Crippen MR) is 133 cm³/mol. The number of aromatic nitrogens is 3. The Morgan fingerprint density at radius 2 is 1.76 bits per heavy atom. The van der Waals surface area contributed by atoms with Gasteiger partial charge in [-0.2, -0.15) is 0 Å². The minimum Gasteiger partial charge on any atom is -0.497 e. The third-order valence-corrected chi connectivity index (χ3v) is 6.37. The topological polar surface area (TPSA) is 98.1 Å². The SMILES string of the molecule is COc1ccc(C(=O)NC(C)c2nnc(SCC(=O)Nc3cccc4ccccc34)n2C)cc1. The van der Waals surface area contributed by atoms with Crippen molar-refractivity contribution in [3.8, 4) is 5.75 Å². The Morgan fingerprint density at radius 3 is 2.53 bits per heavy atom. The molecule has 1 heterocycles. The number of carbonyl (C=O) groups excluding carboxylic acids is 2. The molecule has 0 radical (unpaired) electrons. The highest BCUT2D eigenvalue weighted by molar-refractivity contribution is 7.99. The van der Waals surface area contributed by atoms with E-state index >= 15 is 0 Å². The van der Waals surface area contributed by atoms with Crippen molar-refractivity contribution < 1.29 is 14.3 Å². The molecule has 0 aliphatic rings. The van der Waals surface area contributed by atoms with Gasteiger partial charge in [-0.25, -0.2) is 0 Å². The Kier molecular flexibility index (Phi) is 7.12. The first kappa shape index (κ1) is 23.3. The lowest BCUT2D eigenvalue weighted by Gasteiger charge is -2.14. The minimum atomic E-state index is -0.369. The van der Waals surface area contributed by atoms with Gasteiger partial charge in [0.2, 0.25) is 5.91 Å². The van der Waals surface area contributed by atoms with Crippen molar-refractivity contribution in [3.05, 3.63) is 78.1 Å². The van der Waals surface area contributed by atoms with Gasteiger partial charge in [0.1, 0.15) is 5.75 Å². The molecular weight excluding hydrogens is 450 g/mol. The standard InChI is InChI=1S/C25H25N5O3S/c1-16(26-24(32)18-11-13-19(33-3)14-12-18)23-28-29-25(30(23)2)34-15-22(31)27-21-10-6-8-17-7-4-5-9-20(17)21/h4-14,16H,15H2,1-3H3,(H,26,32)(H,27,31). The molecule has 0 bridgehead atoms. The number of nitrogens with zero attached hydrogens (tertiary/aromatic N) is 3. The molecule has 0 saturated carbocycles. The summed E-state index contributed by atoms with van der Waals surface area (Å²) in [6.45, 7) is 1.84. The highest BCUT2D eigenvalue weighted by Gasteiger charge is 2.19. The van der Waals surface area contributed by atoms with Crippen LogP contribution >= 0.6 is 11.8 Å². The van der Waals surface area contributed by atoms with Gasteiger partial charge in [-0.3, -0.25) is 9.59 Å². The molecule has 2 amide bonds. The average Bonchev–Trinajstić information content (AvgIpc) is 3.23. The van der Waals surface area contributed by atoms with E-state index in [1.165, 1.54) is 11.8 Å². The molecule has 3 aromatic carbocycles. The van der Waals surface area contributed by atoms with E-state index in [0.717, 1.165) is 16.5 Å². The molecule has 0 spiro atoms. The van der Waals surface area contributed by atoms with E-state index < -0.39 is 0 Å². The van der Waals surface area contributed by atoms with Gasteiger partial charge < -0.3 is 19.9 Å². The minimum absolute atomic E-state index is 0.133. The van der Waals surface area contributed by atoms with Gasteiger partial charge in [0.05, 0.1) is 18.9 Å². The van der Waals surface area contributed by atoms with Crippen LogP contribution in [-0.4, -0.2) is 39.4 Å². The zero-order valence-electron chi connectivity index (χ0n) is 19.1. The van der Waals surface area contributed by atoms with Crippen LogP contribution in [0.2, 0.25) is 0 Å². The zero-order chi connectivity index (χ0) is 24.1. The number of hydrogen-bond donors (Lipinski definition) is 2. The molecule has 8 nitrogen and oxygen atoms in total. The summed E-state index contributed by atoms with van der Waals surface area (Å²) in [5, 5.41) is 17.0. The fourth-order valence-corrected chi connectivity index (χ4v) is 4.28. The lowest BCUT2D eigenvalue weighted by molar-refractivity contribution is -0.113. The smallest absolute Gasteiger partial charge is 0.251 e. The van der Waals surface area contributed by atoms with E-state index in [2.05, 4.69) is 20.8 Å². The van der Waals surface area contributed by atoms with Crippen molar-refractivity contribution >= 4 is 40.0 Å². The molecule has 2 N–H and O–H groups in total. The van der Waals surface area contributed by atoms with Crippen molar-refractivity contribution in [1.29, 1.82) is 0 Å². The highest BCUT2D eigenvalue weighted by Crippen LogP contribution is 2.24. The van der Waals surface area contributed by atoms with Crippen molar-refractivity contribution in [2.24, 2.45) is 7.05 Å². The quantitative estimate of drug-likeness (QED) is 0.371. The van der Waals surface area contributed by atoms with Crippen molar-refractivity contribution in [2.45, 2.75) is 18.1 Å². The molecule has 0 aliphatic heterocycles. The summed E-state index contributed by atoms with van der Waals surface area (Å²) in [5.41, 5.74) is 1.30. The number of amides is 2. The highest BCUT2D eigenvalue weighted by atomic mass is 32.2. The van der Waals surface area contributed by atoms with Gasteiger partial charge in [-0.15, -0.1) is 10.2 Å². The Labute approximate surface area is 201 Å². The van der Waals surface area contributed by atoms with Gasteiger partial charge in [0.15, 0.2) is 11.0 Å². The summed E-state index contributed by atoms with van der Waals surface area (Å²) in [6, 6.07) is 20.2. The lowest BCUT2D eigenvalue weighted by atomic mass is 10.1. The molecular formula is C25H25N5O3S. The second kappa shape index (κ2) is 10.4. The van der Waals surface area contributed by atoms with Crippen LogP contribution in [0.15, 0.2) is 71.9 Å². The van der Waals surface area contributed by atoms with E-state index in [9.17, 15) is 9.59 Å². The van der Waals surface area contributed by atoms with Crippen molar-refractivity contribution in [1.82, 2.24) is 20.1 Å². The average molecular weight is 476 g/mol. The number of methoxy groups -OCH3 is 1. The Morgan fingerprint density at radius 1 is 1.03 bits per heavy atom. The molecule has 0 saturated heterocycles.